The summed E-state index contributed by atoms with van der Waals surface area (Å²) < 4.78 is 1.91. The molecule has 0 aromatic carbocycles. The highest BCUT2D eigenvalue weighted by Crippen LogP contribution is 2.31. The third kappa shape index (κ3) is 2.31. The Morgan fingerprint density at radius 2 is 2.22 bits per heavy atom. The number of nitrogens with zero attached hydrogens (tertiary/aromatic N) is 3. The van der Waals surface area contributed by atoms with Gasteiger partial charge < -0.3 is 5.32 Å². The molecular weight excluding hydrogens is 296 g/mol. The first-order valence-electron chi connectivity index (χ1n) is 6.37. The van der Waals surface area contributed by atoms with Gasteiger partial charge in [0.15, 0.2) is 0 Å². The lowest BCUT2D eigenvalue weighted by Crippen LogP contribution is -2.29. The summed E-state index contributed by atoms with van der Waals surface area (Å²) in [4.78, 5) is 14.3. The van der Waals surface area contributed by atoms with E-state index in [2.05, 4.69) is 31.2 Å². The average Bonchev–Trinajstić information content (AvgIpc) is 3.11. The van der Waals surface area contributed by atoms with Crippen LogP contribution in [0.1, 0.15) is 19.3 Å². The van der Waals surface area contributed by atoms with E-state index in [1.54, 1.807) is 13.2 Å². The molecule has 6 heteroatoms. The maximum Gasteiger partial charge on any atom is 0.282 e. The van der Waals surface area contributed by atoms with E-state index in [0.29, 0.717) is 10.5 Å². The number of rotatable bonds is 3. The lowest BCUT2D eigenvalue weighted by atomic mass is 10.2. The number of nitrogens with one attached hydrogen (secondary N) is 1. The van der Waals surface area contributed by atoms with Gasteiger partial charge in [-0.3, -0.25) is 9.69 Å². The number of aromatic nitrogens is 2. The predicted octanol–water partition coefficient (Wildman–Crippen LogP) is 1.19. The van der Waals surface area contributed by atoms with E-state index in [4.69, 9.17) is 0 Å². The van der Waals surface area contributed by atoms with Gasteiger partial charge in [-0.1, -0.05) is 0 Å². The van der Waals surface area contributed by atoms with Gasteiger partial charge in [0.1, 0.15) is 4.47 Å². The normalized spacial score (nSPS) is 24.4. The van der Waals surface area contributed by atoms with Crippen molar-refractivity contribution in [3.8, 4) is 0 Å². The van der Waals surface area contributed by atoms with Crippen molar-refractivity contribution in [1.82, 2.24) is 14.7 Å². The first kappa shape index (κ1) is 12.2. The van der Waals surface area contributed by atoms with E-state index in [1.165, 1.54) is 17.5 Å². The van der Waals surface area contributed by atoms with Crippen LogP contribution in [-0.4, -0.2) is 39.9 Å². The third-order valence-electron chi connectivity index (χ3n) is 3.72. The van der Waals surface area contributed by atoms with Gasteiger partial charge in [0.2, 0.25) is 0 Å². The van der Waals surface area contributed by atoms with Gasteiger partial charge in [0, 0.05) is 32.2 Å². The van der Waals surface area contributed by atoms with E-state index in [-0.39, 0.29) is 5.56 Å². The Hall–Kier alpha value is -0.880. The van der Waals surface area contributed by atoms with Crippen LogP contribution in [0.15, 0.2) is 15.5 Å². The second-order valence-corrected chi connectivity index (χ2v) is 5.95. The molecule has 1 aliphatic carbocycles. The summed E-state index contributed by atoms with van der Waals surface area (Å²) in [5.74, 6) is 0. The molecule has 1 saturated heterocycles. The van der Waals surface area contributed by atoms with Crippen molar-refractivity contribution < 1.29 is 0 Å². The molecule has 3 rings (SSSR count). The maximum atomic E-state index is 11.7. The molecule has 98 valence electrons. The SMILES string of the molecule is Cn1ncc(NC2CCN(C3CC3)C2)c(Br)c1=O. The van der Waals surface area contributed by atoms with Gasteiger partial charge >= 0.3 is 0 Å². The van der Waals surface area contributed by atoms with Crippen LogP contribution in [0.2, 0.25) is 0 Å². The van der Waals surface area contributed by atoms with Gasteiger partial charge in [-0.15, -0.1) is 0 Å². The number of hydrogen-bond acceptors (Lipinski definition) is 4. The first-order valence-corrected chi connectivity index (χ1v) is 7.17. The quantitative estimate of drug-likeness (QED) is 0.911. The molecule has 0 spiro atoms. The molecule has 2 aliphatic rings. The molecule has 1 aromatic heterocycles. The second-order valence-electron chi connectivity index (χ2n) is 5.16. The van der Waals surface area contributed by atoms with Crippen molar-refractivity contribution in [3.63, 3.8) is 0 Å². The predicted molar refractivity (Wildman–Crippen MR) is 73.8 cm³/mol. The standard InChI is InChI=1S/C12H17BrN4O/c1-16-12(18)11(13)10(6-14-16)15-8-4-5-17(7-8)9-2-3-9/h6,8-9,15H,2-5,7H2,1H3. The molecule has 1 saturated carbocycles. The van der Waals surface area contributed by atoms with Gasteiger partial charge in [-0.05, 0) is 35.2 Å². The van der Waals surface area contributed by atoms with Crippen molar-refractivity contribution in [1.29, 1.82) is 0 Å². The van der Waals surface area contributed by atoms with E-state index in [0.717, 1.165) is 31.2 Å². The maximum absolute atomic E-state index is 11.7. The van der Waals surface area contributed by atoms with E-state index in [9.17, 15) is 4.79 Å². The lowest BCUT2D eigenvalue weighted by molar-refractivity contribution is 0.326. The zero-order valence-electron chi connectivity index (χ0n) is 10.4. The summed E-state index contributed by atoms with van der Waals surface area (Å²) in [6.45, 7) is 2.24. The average molecular weight is 313 g/mol. The molecule has 18 heavy (non-hydrogen) atoms. The van der Waals surface area contributed by atoms with Crippen molar-refractivity contribution >= 4 is 21.6 Å². The molecule has 2 heterocycles. The summed E-state index contributed by atoms with van der Waals surface area (Å²) in [7, 11) is 1.65. The summed E-state index contributed by atoms with van der Waals surface area (Å²) in [5.41, 5.74) is 0.706. The Kier molecular flexibility index (Phi) is 3.15. The minimum atomic E-state index is -0.1000. The van der Waals surface area contributed by atoms with E-state index in [1.807, 2.05) is 0 Å². The first-order chi connectivity index (χ1) is 8.65. The van der Waals surface area contributed by atoms with Gasteiger partial charge in [0.05, 0.1) is 11.9 Å². The zero-order chi connectivity index (χ0) is 12.7. The smallest absolute Gasteiger partial charge is 0.282 e. The Bertz CT molecular complexity index is 511. The fraction of sp³-hybridized carbons (Fsp3) is 0.667. The summed E-state index contributed by atoms with van der Waals surface area (Å²) in [5, 5.41) is 7.47. The van der Waals surface area contributed by atoms with Gasteiger partial charge in [0.25, 0.3) is 5.56 Å². The minimum absolute atomic E-state index is 0.1000. The fourth-order valence-corrected chi connectivity index (χ4v) is 2.98. The number of aryl methyl sites for hydroxylation is 1. The van der Waals surface area contributed by atoms with Crippen molar-refractivity contribution in [2.75, 3.05) is 18.4 Å². The molecule has 0 bridgehead atoms. The molecule has 0 radical (unpaired) electrons. The molecule has 0 amide bonds. The second kappa shape index (κ2) is 4.66. The highest BCUT2D eigenvalue weighted by molar-refractivity contribution is 9.10. The van der Waals surface area contributed by atoms with Gasteiger partial charge in [-0.25, -0.2) is 4.68 Å². The molecular formula is C12H17BrN4O. The van der Waals surface area contributed by atoms with Crippen LogP contribution in [-0.2, 0) is 7.05 Å². The Labute approximate surface area is 114 Å². The number of likely N-dealkylation sites (tertiary alicyclic amines) is 1. The van der Waals surface area contributed by atoms with E-state index < -0.39 is 0 Å². The highest BCUT2D eigenvalue weighted by atomic mass is 79.9. The minimum Gasteiger partial charge on any atom is -0.379 e. The van der Waals surface area contributed by atoms with Crippen LogP contribution in [0.3, 0.4) is 0 Å². The zero-order valence-corrected chi connectivity index (χ0v) is 12.0. The van der Waals surface area contributed by atoms with Crippen LogP contribution in [0.5, 0.6) is 0 Å². The third-order valence-corrected chi connectivity index (χ3v) is 4.49. The molecule has 1 unspecified atom stereocenters. The monoisotopic (exact) mass is 312 g/mol. The molecule has 1 aliphatic heterocycles. The summed E-state index contributed by atoms with van der Waals surface area (Å²) in [6.07, 6.45) is 5.55. The number of hydrogen-bond donors (Lipinski definition) is 1. The van der Waals surface area contributed by atoms with E-state index >= 15 is 0 Å². The molecule has 1 atom stereocenters. The van der Waals surface area contributed by atoms with Crippen LogP contribution in [0.25, 0.3) is 0 Å². The Balaban J connectivity index is 1.69. The van der Waals surface area contributed by atoms with Crippen LogP contribution in [0, 0.1) is 0 Å². The summed E-state index contributed by atoms with van der Waals surface area (Å²) >= 11 is 3.35. The van der Waals surface area contributed by atoms with Crippen LogP contribution in [0.4, 0.5) is 5.69 Å². The topological polar surface area (TPSA) is 50.2 Å². The van der Waals surface area contributed by atoms with Crippen LogP contribution < -0.4 is 10.9 Å². The lowest BCUT2D eigenvalue weighted by Gasteiger charge is -2.17. The fourth-order valence-electron chi connectivity index (χ4n) is 2.51. The number of anilines is 1. The molecule has 5 nitrogen and oxygen atoms in total. The molecule has 2 fully saturated rings. The largest absolute Gasteiger partial charge is 0.379 e. The van der Waals surface area contributed by atoms with Crippen molar-refractivity contribution in [3.05, 3.63) is 21.0 Å². The van der Waals surface area contributed by atoms with Crippen LogP contribution >= 0.6 is 15.9 Å². The molecule has 1 aromatic rings. The Morgan fingerprint density at radius 1 is 1.44 bits per heavy atom. The highest BCUT2D eigenvalue weighted by Gasteiger charge is 2.34. The Morgan fingerprint density at radius 3 is 2.94 bits per heavy atom. The summed E-state index contributed by atoms with van der Waals surface area (Å²) in [6, 6.07) is 1.25. The number of halogens is 1. The molecule has 1 N–H and O–H groups in total. The van der Waals surface area contributed by atoms with Gasteiger partial charge in [-0.2, -0.15) is 5.10 Å². The van der Waals surface area contributed by atoms with Crippen molar-refractivity contribution in [2.24, 2.45) is 7.05 Å². The van der Waals surface area contributed by atoms with Crippen molar-refractivity contribution in [2.45, 2.75) is 31.3 Å².